The molecule has 6 heteroatoms. The Labute approximate surface area is 265 Å². The molecular weight excluding hydrogens is 577 g/mol. The lowest BCUT2D eigenvalue weighted by Crippen LogP contribution is -2.70. The van der Waals surface area contributed by atoms with Gasteiger partial charge in [0.1, 0.15) is 12.2 Å². The molecule has 4 nitrogen and oxygen atoms in total. The van der Waals surface area contributed by atoms with Gasteiger partial charge in [0.25, 0.3) is 16.6 Å². The van der Waals surface area contributed by atoms with Gasteiger partial charge in [-0.2, -0.15) is 0 Å². The van der Waals surface area contributed by atoms with Crippen LogP contribution in [0.15, 0.2) is 133 Å². The minimum Gasteiger partial charge on any atom is -0.452 e. The Kier molecular flexibility index (Phi) is 9.28. The smallest absolute Gasteiger partial charge is 0.331 e. The van der Waals surface area contributed by atoms with E-state index in [4.69, 9.17) is 13.6 Å². The van der Waals surface area contributed by atoms with E-state index in [0.717, 1.165) is 0 Å². The molecule has 0 radical (unpaired) electrons. The van der Waals surface area contributed by atoms with E-state index in [2.05, 4.69) is 139 Å². The molecule has 2 atom stereocenters. The van der Waals surface area contributed by atoms with Gasteiger partial charge in [-0.3, -0.25) is 0 Å². The van der Waals surface area contributed by atoms with Crippen LogP contribution >= 0.6 is 0 Å². The molecular formula is C38H44O4Si2. The maximum Gasteiger partial charge on any atom is 0.331 e. The van der Waals surface area contributed by atoms with Gasteiger partial charge in [-0.1, -0.05) is 163 Å². The summed E-state index contributed by atoms with van der Waals surface area (Å²) < 4.78 is 20.9. The SMILES string of the molecule is CC(C)(C)[Si](OC[C@@H](O[Si](c1ccccc1)(c1ccccc1)C(C)(C)C)[C@H]1C=CC(=O)O1)(c1ccccc1)c1ccccc1. The molecule has 5 rings (SSSR count). The van der Waals surface area contributed by atoms with Crippen molar-refractivity contribution in [2.75, 3.05) is 6.61 Å². The lowest BCUT2D eigenvalue weighted by molar-refractivity contribution is -0.142. The molecule has 0 saturated heterocycles. The first-order chi connectivity index (χ1) is 21.0. The molecule has 0 N–H and O–H groups in total. The Morgan fingerprint density at radius 2 is 0.977 bits per heavy atom. The van der Waals surface area contributed by atoms with Gasteiger partial charge in [0.15, 0.2) is 0 Å². The standard InChI is InChI=1S/C38H44O4Si2/c1-37(2,3)43(30-19-11-7-12-20-30,31-21-13-8-14-22-31)40-29-35(34-27-28-36(39)41-34)42-44(38(4,5)6,32-23-15-9-16-24-32)33-25-17-10-18-26-33/h7-28,34-35H,29H2,1-6H3/t34-,35-/m1/s1. The molecule has 0 fully saturated rings. The Balaban J connectivity index is 1.66. The molecule has 0 spiro atoms. The van der Waals surface area contributed by atoms with Crippen molar-refractivity contribution < 1.29 is 18.4 Å². The number of hydrogen-bond donors (Lipinski definition) is 0. The van der Waals surface area contributed by atoms with E-state index in [1.807, 2.05) is 30.3 Å². The number of esters is 1. The Hall–Kier alpha value is -3.56. The topological polar surface area (TPSA) is 44.8 Å². The van der Waals surface area contributed by atoms with Gasteiger partial charge in [-0.05, 0) is 36.9 Å². The summed E-state index contributed by atoms with van der Waals surface area (Å²) in [4.78, 5) is 12.5. The van der Waals surface area contributed by atoms with E-state index in [9.17, 15) is 4.79 Å². The highest BCUT2D eigenvalue weighted by atomic mass is 28.4. The average molecular weight is 621 g/mol. The summed E-state index contributed by atoms with van der Waals surface area (Å²) >= 11 is 0. The zero-order chi connectivity index (χ0) is 31.4. The van der Waals surface area contributed by atoms with Crippen LogP contribution in [0.2, 0.25) is 10.1 Å². The predicted molar refractivity (Wildman–Crippen MR) is 185 cm³/mol. The van der Waals surface area contributed by atoms with Crippen LogP contribution in [-0.4, -0.2) is 41.4 Å². The Morgan fingerprint density at radius 1 is 0.614 bits per heavy atom. The molecule has 1 heterocycles. The second-order valence-electron chi connectivity index (χ2n) is 13.6. The fraction of sp³-hybridized carbons (Fsp3) is 0.289. The summed E-state index contributed by atoms with van der Waals surface area (Å²) in [6.45, 7) is 13.9. The first-order valence-electron chi connectivity index (χ1n) is 15.4. The molecule has 0 unspecified atom stereocenters. The van der Waals surface area contributed by atoms with Gasteiger partial charge in [0.2, 0.25) is 0 Å². The van der Waals surface area contributed by atoms with Crippen molar-refractivity contribution in [2.24, 2.45) is 0 Å². The summed E-state index contributed by atoms with van der Waals surface area (Å²) in [7, 11) is -5.88. The van der Waals surface area contributed by atoms with E-state index in [1.54, 1.807) is 0 Å². The van der Waals surface area contributed by atoms with Crippen LogP contribution in [0.1, 0.15) is 41.5 Å². The monoisotopic (exact) mass is 620 g/mol. The molecule has 228 valence electrons. The van der Waals surface area contributed by atoms with E-state index >= 15 is 0 Å². The summed E-state index contributed by atoms with van der Waals surface area (Å²) in [5.74, 6) is -0.350. The zero-order valence-corrected chi connectivity index (χ0v) is 28.7. The van der Waals surface area contributed by atoms with Crippen molar-refractivity contribution in [2.45, 2.75) is 63.8 Å². The third-order valence-electron chi connectivity index (χ3n) is 8.67. The normalized spacial score (nSPS) is 16.5. The van der Waals surface area contributed by atoms with Crippen molar-refractivity contribution in [3.8, 4) is 0 Å². The van der Waals surface area contributed by atoms with E-state index < -0.39 is 28.8 Å². The molecule has 4 aromatic rings. The summed E-state index contributed by atoms with van der Waals surface area (Å²) in [5, 5.41) is 4.27. The number of ether oxygens (including phenoxy) is 1. The van der Waals surface area contributed by atoms with Crippen molar-refractivity contribution >= 4 is 43.4 Å². The molecule has 0 saturated carbocycles. The minimum absolute atomic E-state index is 0.208. The van der Waals surface area contributed by atoms with Gasteiger partial charge in [-0.15, -0.1) is 0 Å². The summed E-state index contributed by atoms with van der Waals surface area (Å²) in [6, 6.07) is 42.4. The molecule has 1 aliphatic heterocycles. The van der Waals surface area contributed by atoms with Gasteiger partial charge < -0.3 is 13.6 Å². The van der Waals surface area contributed by atoms with Gasteiger partial charge in [0, 0.05) is 6.08 Å². The number of benzene rings is 4. The minimum atomic E-state index is -2.99. The fourth-order valence-electron chi connectivity index (χ4n) is 6.67. The number of carbonyl (C=O) groups is 1. The van der Waals surface area contributed by atoms with Crippen LogP contribution in [0.4, 0.5) is 0 Å². The maximum absolute atomic E-state index is 12.5. The maximum atomic E-state index is 12.5. The molecule has 0 aromatic heterocycles. The summed E-state index contributed by atoms with van der Waals surface area (Å²) in [6.07, 6.45) is 2.24. The number of hydrogen-bond acceptors (Lipinski definition) is 4. The second-order valence-corrected chi connectivity index (χ2v) is 22.1. The van der Waals surface area contributed by atoms with Gasteiger partial charge >= 0.3 is 5.97 Å². The highest BCUT2D eigenvalue weighted by Crippen LogP contribution is 2.40. The van der Waals surface area contributed by atoms with E-state index in [0.29, 0.717) is 0 Å². The fourth-order valence-corrected chi connectivity index (χ4v) is 15.9. The molecule has 4 aromatic carbocycles. The lowest BCUT2D eigenvalue weighted by atomic mass is 10.2. The van der Waals surface area contributed by atoms with Crippen LogP contribution in [0, 0.1) is 0 Å². The lowest BCUT2D eigenvalue weighted by Gasteiger charge is -2.47. The quantitative estimate of drug-likeness (QED) is 0.161. The van der Waals surface area contributed by atoms with E-state index in [1.165, 1.54) is 26.8 Å². The Bertz CT molecular complexity index is 1460. The van der Waals surface area contributed by atoms with Gasteiger partial charge in [-0.25, -0.2) is 4.79 Å². The van der Waals surface area contributed by atoms with Crippen LogP contribution in [0.3, 0.4) is 0 Å². The molecule has 0 aliphatic carbocycles. The van der Waals surface area contributed by atoms with Crippen molar-refractivity contribution in [1.82, 2.24) is 0 Å². The number of cyclic esters (lactones) is 1. The molecule has 0 amide bonds. The number of carbonyl (C=O) groups excluding carboxylic acids is 1. The first-order valence-corrected chi connectivity index (χ1v) is 19.2. The highest BCUT2D eigenvalue weighted by Gasteiger charge is 2.54. The number of rotatable bonds is 10. The van der Waals surface area contributed by atoms with Gasteiger partial charge in [0.05, 0.1) is 6.61 Å². The predicted octanol–water partition coefficient (Wildman–Crippen LogP) is 5.99. The van der Waals surface area contributed by atoms with Crippen LogP contribution in [0.25, 0.3) is 0 Å². The highest BCUT2D eigenvalue weighted by molar-refractivity contribution is 7.00. The van der Waals surface area contributed by atoms with Crippen molar-refractivity contribution in [3.63, 3.8) is 0 Å². The van der Waals surface area contributed by atoms with E-state index in [-0.39, 0.29) is 22.7 Å². The van der Waals surface area contributed by atoms with Crippen LogP contribution < -0.4 is 20.7 Å². The second kappa shape index (κ2) is 12.8. The third-order valence-corrected chi connectivity index (χ3v) is 18.7. The first kappa shape index (κ1) is 31.9. The largest absolute Gasteiger partial charge is 0.452 e. The molecule has 44 heavy (non-hydrogen) atoms. The molecule has 1 aliphatic rings. The average Bonchev–Trinajstić information content (AvgIpc) is 3.45. The van der Waals surface area contributed by atoms with Crippen molar-refractivity contribution in [3.05, 3.63) is 133 Å². The van der Waals surface area contributed by atoms with Crippen molar-refractivity contribution in [1.29, 1.82) is 0 Å². The summed E-state index contributed by atoms with van der Waals surface area (Å²) in [5.41, 5.74) is 0. The van der Waals surface area contributed by atoms with Crippen LogP contribution in [-0.2, 0) is 18.4 Å². The zero-order valence-electron chi connectivity index (χ0n) is 26.7. The molecule has 0 bridgehead atoms. The van der Waals surface area contributed by atoms with Crippen LogP contribution in [0.5, 0.6) is 0 Å². The third kappa shape index (κ3) is 6.04. The Morgan fingerprint density at radius 3 is 1.30 bits per heavy atom.